The Bertz CT molecular complexity index is 295. The van der Waals surface area contributed by atoms with Crippen LogP contribution in [0.1, 0.15) is 6.42 Å². The maximum absolute atomic E-state index is 10.9. The largest absolute Gasteiger partial charge is 0.508 e. The van der Waals surface area contributed by atoms with E-state index in [1.165, 1.54) is 26.4 Å². The number of methoxy groups -OCH3 is 2. The van der Waals surface area contributed by atoms with E-state index in [2.05, 4.69) is 18.9 Å². The highest BCUT2D eigenvalue weighted by Gasteiger charge is 2.09. The Balaban J connectivity index is 3.56. The van der Waals surface area contributed by atoms with Crippen LogP contribution in [-0.4, -0.2) is 45.5 Å². The van der Waals surface area contributed by atoms with Crippen molar-refractivity contribution in [2.75, 3.05) is 27.4 Å². The summed E-state index contributed by atoms with van der Waals surface area (Å²) in [5.74, 6) is -1.34. The zero-order chi connectivity index (χ0) is 13.1. The van der Waals surface area contributed by atoms with E-state index in [0.717, 1.165) is 0 Å². The Morgan fingerprint density at radius 1 is 0.882 bits per heavy atom. The Morgan fingerprint density at radius 2 is 1.47 bits per heavy atom. The first-order valence-corrected chi connectivity index (χ1v) is 4.68. The second-order valence-corrected chi connectivity index (χ2v) is 2.67. The Labute approximate surface area is 98.3 Å². The Kier molecular flexibility index (Phi) is 8.09. The van der Waals surface area contributed by atoms with Crippen LogP contribution in [-0.2, 0) is 28.5 Å². The van der Waals surface area contributed by atoms with Gasteiger partial charge in [0.25, 0.3) is 0 Å². The van der Waals surface area contributed by atoms with E-state index in [0.29, 0.717) is 0 Å². The quantitative estimate of drug-likeness (QED) is 0.290. The summed E-state index contributed by atoms with van der Waals surface area (Å²) < 4.78 is 17.7. The van der Waals surface area contributed by atoms with Gasteiger partial charge in [-0.25, -0.2) is 4.79 Å². The second kappa shape index (κ2) is 9.20. The summed E-state index contributed by atoms with van der Waals surface area (Å²) in [6.45, 7) is 0.00157. The number of ether oxygens (including phenoxy) is 4. The van der Waals surface area contributed by atoms with Crippen molar-refractivity contribution in [1.82, 2.24) is 0 Å². The third-order valence-corrected chi connectivity index (χ3v) is 1.49. The molecule has 0 aliphatic heterocycles. The lowest BCUT2D eigenvalue weighted by Crippen LogP contribution is -2.12. The average Bonchev–Trinajstić information content (AvgIpc) is 2.32. The summed E-state index contributed by atoms with van der Waals surface area (Å²) in [5.41, 5.74) is 0. The average molecular weight is 246 g/mol. The number of hydrogen-bond donors (Lipinski definition) is 0. The molecule has 0 aromatic rings. The molecule has 0 heterocycles. The molecule has 0 atom stereocenters. The van der Waals surface area contributed by atoms with Crippen LogP contribution in [0.2, 0.25) is 0 Å². The SMILES string of the molecule is COC(=O)CC(=O)OC/C=C\COC(=O)OC. The zero-order valence-electron chi connectivity index (χ0n) is 9.63. The third-order valence-electron chi connectivity index (χ3n) is 1.49. The van der Waals surface area contributed by atoms with E-state index in [9.17, 15) is 14.4 Å². The van der Waals surface area contributed by atoms with Crippen molar-refractivity contribution >= 4 is 18.1 Å². The molecule has 0 aliphatic rings. The smallest absolute Gasteiger partial charge is 0.469 e. The molecule has 0 N–H and O–H groups in total. The van der Waals surface area contributed by atoms with Gasteiger partial charge in [-0.05, 0) is 12.2 Å². The van der Waals surface area contributed by atoms with E-state index in [1.54, 1.807) is 0 Å². The molecule has 0 aromatic carbocycles. The van der Waals surface area contributed by atoms with Crippen molar-refractivity contribution < 1.29 is 33.3 Å². The molecule has 0 saturated carbocycles. The molecule has 0 saturated heterocycles. The van der Waals surface area contributed by atoms with Crippen LogP contribution in [0.5, 0.6) is 0 Å². The minimum absolute atomic E-state index is 0.0135. The Hall–Kier alpha value is -2.05. The van der Waals surface area contributed by atoms with E-state index in [4.69, 9.17) is 0 Å². The van der Waals surface area contributed by atoms with Crippen molar-refractivity contribution in [2.24, 2.45) is 0 Å². The topological polar surface area (TPSA) is 88.1 Å². The first kappa shape index (κ1) is 14.9. The van der Waals surface area contributed by atoms with Crippen molar-refractivity contribution in [1.29, 1.82) is 0 Å². The molecule has 7 heteroatoms. The highest BCUT2D eigenvalue weighted by Crippen LogP contribution is 1.90. The molecule has 0 rings (SSSR count). The molecule has 0 fully saturated rings. The minimum atomic E-state index is -0.794. The van der Waals surface area contributed by atoms with Gasteiger partial charge in [0.15, 0.2) is 0 Å². The highest BCUT2D eigenvalue weighted by molar-refractivity contribution is 5.91. The lowest BCUT2D eigenvalue weighted by atomic mass is 10.4. The van der Waals surface area contributed by atoms with Gasteiger partial charge in [0, 0.05) is 0 Å². The van der Waals surface area contributed by atoms with Gasteiger partial charge >= 0.3 is 18.1 Å². The van der Waals surface area contributed by atoms with Gasteiger partial charge in [0.2, 0.25) is 0 Å². The first-order chi connectivity index (χ1) is 8.10. The van der Waals surface area contributed by atoms with Crippen LogP contribution in [0.3, 0.4) is 0 Å². The normalized spacial score (nSPS) is 9.76. The van der Waals surface area contributed by atoms with Crippen molar-refractivity contribution in [3.05, 3.63) is 12.2 Å². The molecule has 0 aromatic heterocycles. The molecule has 96 valence electrons. The minimum Gasteiger partial charge on any atom is -0.469 e. The number of carbonyl (C=O) groups is 3. The summed E-state index contributed by atoms with van der Waals surface area (Å²) in [6, 6.07) is 0. The Morgan fingerprint density at radius 3 is 2.00 bits per heavy atom. The zero-order valence-corrected chi connectivity index (χ0v) is 9.63. The summed E-state index contributed by atoms with van der Waals surface area (Å²) in [6.07, 6.45) is 1.72. The van der Waals surface area contributed by atoms with Crippen LogP contribution >= 0.6 is 0 Å². The summed E-state index contributed by atoms with van der Waals surface area (Å²) >= 11 is 0. The van der Waals surface area contributed by atoms with Crippen LogP contribution in [0.4, 0.5) is 4.79 Å². The van der Waals surface area contributed by atoms with E-state index in [1.807, 2.05) is 0 Å². The molecule has 0 aliphatic carbocycles. The van der Waals surface area contributed by atoms with E-state index in [-0.39, 0.29) is 13.2 Å². The monoisotopic (exact) mass is 246 g/mol. The molecule has 0 unspecified atom stereocenters. The van der Waals surface area contributed by atoms with E-state index >= 15 is 0 Å². The number of hydrogen-bond acceptors (Lipinski definition) is 7. The highest BCUT2D eigenvalue weighted by atomic mass is 16.7. The lowest BCUT2D eigenvalue weighted by molar-refractivity contribution is -0.152. The third kappa shape index (κ3) is 8.91. The first-order valence-electron chi connectivity index (χ1n) is 4.68. The van der Waals surface area contributed by atoms with Crippen molar-refractivity contribution in [3.63, 3.8) is 0 Å². The summed E-state index contributed by atoms with van der Waals surface area (Å²) in [7, 11) is 2.38. The van der Waals surface area contributed by atoms with Crippen LogP contribution in [0.15, 0.2) is 12.2 Å². The fourth-order valence-electron chi connectivity index (χ4n) is 0.693. The number of rotatable bonds is 6. The molecular weight excluding hydrogens is 232 g/mol. The molecule has 0 amide bonds. The summed E-state index contributed by atoms with van der Waals surface area (Å²) in [5, 5.41) is 0. The van der Waals surface area contributed by atoms with Gasteiger partial charge in [0.1, 0.15) is 19.6 Å². The maximum Gasteiger partial charge on any atom is 0.508 e. The van der Waals surface area contributed by atoms with Crippen LogP contribution in [0.25, 0.3) is 0 Å². The molecular formula is C10H14O7. The fourth-order valence-corrected chi connectivity index (χ4v) is 0.693. The van der Waals surface area contributed by atoms with Crippen molar-refractivity contribution in [3.8, 4) is 0 Å². The van der Waals surface area contributed by atoms with Gasteiger partial charge in [-0.1, -0.05) is 0 Å². The van der Waals surface area contributed by atoms with Crippen LogP contribution in [0, 0.1) is 0 Å². The lowest BCUT2D eigenvalue weighted by Gasteiger charge is -2.00. The standard InChI is InChI=1S/C10H14O7/c1-14-8(11)7-9(12)16-5-3-4-6-17-10(13)15-2/h3-4H,5-7H2,1-2H3/b4-3-. The van der Waals surface area contributed by atoms with Gasteiger partial charge < -0.3 is 18.9 Å². The predicted octanol–water partition coefficient (Wildman–Crippen LogP) is 0.432. The van der Waals surface area contributed by atoms with Gasteiger partial charge in [0.05, 0.1) is 14.2 Å². The molecule has 7 nitrogen and oxygen atoms in total. The van der Waals surface area contributed by atoms with Gasteiger partial charge in [-0.2, -0.15) is 0 Å². The molecule has 17 heavy (non-hydrogen) atoms. The van der Waals surface area contributed by atoms with Crippen LogP contribution < -0.4 is 0 Å². The molecule has 0 spiro atoms. The maximum atomic E-state index is 10.9. The molecule has 0 radical (unpaired) electrons. The second-order valence-electron chi connectivity index (χ2n) is 2.67. The molecule has 0 bridgehead atoms. The van der Waals surface area contributed by atoms with Gasteiger partial charge in [-0.15, -0.1) is 0 Å². The predicted molar refractivity (Wildman–Crippen MR) is 55.1 cm³/mol. The summed E-state index contributed by atoms with van der Waals surface area (Å²) in [4.78, 5) is 32.1. The van der Waals surface area contributed by atoms with E-state index < -0.39 is 24.5 Å². The van der Waals surface area contributed by atoms with Gasteiger partial charge in [-0.3, -0.25) is 9.59 Å². The number of carbonyl (C=O) groups excluding carboxylic acids is 3. The number of esters is 2. The fraction of sp³-hybridized carbons (Fsp3) is 0.500. The van der Waals surface area contributed by atoms with Crippen molar-refractivity contribution in [2.45, 2.75) is 6.42 Å².